The molecule has 2 heterocycles. The van der Waals surface area contributed by atoms with Crippen LogP contribution >= 0.6 is 0 Å². The number of nitrogens with two attached hydrogens (primary N) is 1. The second-order valence-corrected chi connectivity index (χ2v) is 5.30. The van der Waals surface area contributed by atoms with E-state index in [9.17, 15) is 10.1 Å². The van der Waals surface area contributed by atoms with E-state index in [1.54, 1.807) is 0 Å². The van der Waals surface area contributed by atoms with Crippen molar-refractivity contribution in [3.63, 3.8) is 0 Å². The Morgan fingerprint density at radius 3 is 3.09 bits per heavy atom. The highest BCUT2D eigenvalue weighted by Crippen LogP contribution is 2.45. The Bertz CT molecular complexity index is 711. The summed E-state index contributed by atoms with van der Waals surface area (Å²) in [4.78, 5) is 12.0. The van der Waals surface area contributed by atoms with Gasteiger partial charge in [0.05, 0.1) is 18.2 Å². The molecule has 1 aliphatic carbocycles. The summed E-state index contributed by atoms with van der Waals surface area (Å²) in [6, 6.07) is 2.12. The summed E-state index contributed by atoms with van der Waals surface area (Å²) in [6.07, 6.45) is 7.11. The number of nitrogens with one attached hydrogen (secondary N) is 1. The number of nitrogens with zero attached hydrogens (tertiary/aromatic N) is 2. The quantitative estimate of drug-likeness (QED) is 0.635. The number of aromatic nitrogens is 2. The largest absolute Gasteiger partial charge is 0.464 e. The molecule has 114 valence electrons. The molecule has 0 spiro atoms. The molecule has 7 nitrogen and oxygen atoms in total. The summed E-state index contributed by atoms with van der Waals surface area (Å²) in [5, 5.41) is 16.1. The number of carbonyl (C=O) groups is 1. The van der Waals surface area contributed by atoms with Gasteiger partial charge in [-0.15, -0.1) is 5.10 Å². The highest BCUT2D eigenvalue weighted by atomic mass is 16.5. The van der Waals surface area contributed by atoms with E-state index in [4.69, 9.17) is 15.2 Å². The Labute approximate surface area is 127 Å². The number of methoxy groups -OCH3 is 1. The summed E-state index contributed by atoms with van der Waals surface area (Å²) in [5.41, 5.74) is 6.95. The van der Waals surface area contributed by atoms with Crippen LogP contribution in [-0.4, -0.2) is 23.3 Å². The average Bonchev–Trinajstić information content (AvgIpc) is 2.96. The van der Waals surface area contributed by atoms with Gasteiger partial charge in [-0.2, -0.15) is 5.26 Å². The van der Waals surface area contributed by atoms with Crippen molar-refractivity contribution in [2.75, 3.05) is 7.11 Å². The Balaban J connectivity index is 2.15. The predicted molar refractivity (Wildman–Crippen MR) is 76.6 cm³/mol. The van der Waals surface area contributed by atoms with Crippen LogP contribution in [0.2, 0.25) is 0 Å². The first-order chi connectivity index (χ1) is 10.7. The number of fused-ring (bicyclic) bond motifs is 1. The molecule has 0 aromatic carbocycles. The van der Waals surface area contributed by atoms with Gasteiger partial charge in [0.25, 0.3) is 0 Å². The number of H-pyrrole nitrogens is 1. The zero-order chi connectivity index (χ0) is 15.7. The van der Waals surface area contributed by atoms with Crippen LogP contribution in [0.1, 0.15) is 41.2 Å². The third kappa shape index (κ3) is 2.13. The molecule has 3 rings (SSSR count). The first-order valence-corrected chi connectivity index (χ1v) is 7.08. The van der Waals surface area contributed by atoms with Crippen LogP contribution in [0, 0.1) is 17.2 Å². The van der Waals surface area contributed by atoms with Gasteiger partial charge in [0, 0.05) is 5.92 Å². The lowest BCUT2D eigenvalue weighted by Crippen LogP contribution is -2.26. The first-order valence-electron chi connectivity index (χ1n) is 7.08. The minimum Gasteiger partial charge on any atom is -0.464 e. The standard InChI is InChI=1S/C15H16N4O3/c1-21-15(20)12-11-10(8-5-3-2-4-6-8)9(7-16)13(17)22-14(11)19-18-12/h3,5,8,10H,2,4,6,17H2,1H3,(H,18,19)/t8-,10-/m1/s1. The van der Waals surface area contributed by atoms with Crippen LogP contribution < -0.4 is 10.5 Å². The normalized spacial score (nSPS) is 23.5. The minimum atomic E-state index is -0.542. The number of rotatable bonds is 2. The molecule has 22 heavy (non-hydrogen) atoms. The van der Waals surface area contributed by atoms with Gasteiger partial charge >= 0.3 is 5.97 Å². The SMILES string of the molecule is COC(=O)c1[nH]nc2c1[C@H]([C@@H]1C=CCCC1)C(C#N)=C(N)O2. The Kier molecular flexibility index (Phi) is 3.59. The zero-order valence-electron chi connectivity index (χ0n) is 12.1. The Hall–Kier alpha value is -2.75. The molecule has 0 saturated carbocycles. The fraction of sp³-hybridized carbons (Fsp3) is 0.400. The smallest absolute Gasteiger partial charge is 0.356 e. The molecule has 3 N–H and O–H groups in total. The van der Waals surface area contributed by atoms with E-state index in [1.165, 1.54) is 7.11 Å². The second-order valence-electron chi connectivity index (χ2n) is 5.30. The fourth-order valence-electron chi connectivity index (χ4n) is 3.08. The summed E-state index contributed by atoms with van der Waals surface area (Å²) >= 11 is 0. The molecule has 1 aromatic heterocycles. The number of ether oxygens (including phenoxy) is 2. The first kappa shape index (κ1) is 14.2. The van der Waals surface area contributed by atoms with Crippen LogP contribution in [-0.2, 0) is 4.74 Å². The number of nitriles is 1. The van der Waals surface area contributed by atoms with Crippen LogP contribution in [0.5, 0.6) is 5.88 Å². The highest BCUT2D eigenvalue weighted by molar-refractivity contribution is 5.90. The number of carbonyl (C=O) groups excluding carboxylic acids is 1. The monoisotopic (exact) mass is 300 g/mol. The summed E-state index contributed by atoms with van der Waals surface area (Å²) in [5.74, 6) is -0.536. The van der Waals surface area contributed by atoms with E-state index in [2.05, 4.69) is 28.4 Å². The van der Waals surface area contributed by atoms with Gasteiger partial charge in [-0.1, -0.05) is 12.2 Å². The number of aromatic amines is 1. The molecule has 0 bridgehead atoms. The van der Waals surface area contributed by atoms with Crippen molar-refractivity contribution < 1.29 is 14.3 Å². The van der Waals surface area contributed by atoms with Gasteiger partial charge in [0.2, 0.25) is 11.8 Å². The molecule has 0 unspecified atom stereocenters. The molecule has 0 saturated heterocycles. The molecule has 2 atom stereocenters. The topological polar surface area (TPSA) is 114 Å². The fourth-order valence-corrected chi connectivity index (χ4v) is 3.08. The third-order valence-electron chi connectivity index (χ3n) is 4.09. The van der Waals surface area contributed by atoms with Crippen molar-refractivity contribution in [2.24, 2.45) is 11.7 Å². The van der Waals surface area contributed by atoms with E-state index in [0.717, 1.165) is 19.3 Å². The van der Waals surface area contributed by atoms with Crippen LogP contribution in [0.25, 0.3) is 0 Å². The van der Waals surface area contributed by atoms with Gasteiger partial charge in [0.1, 0.15) is 6.07 Å². The molecular weight excluding hydrogens is 284 g/mol. The molecule has 0 radical (unpaired) electrons. The Morgan fingerprint density at radius 2 is 2.45 bits per heavy atom. The lowest BCUT2D eigenvalue weighted by molar-refractivity contribution is 0.0592. The third-order valence-corrected chi connectivity index (χ3v) is 4.09. The zero-order valence-corrected chi connectivity index (χ0v) is 12.1. The van der Waals surface area contributed by atoms with Crippen LogP contribution in [0.15, 0.2) is 23.6 Å². The lowest BCUT2D eigenvalue weighted by atomic mass is 9.75. The van der Waals surface area contributed by atoms with E-state index in [-0.39, 0.29) is 29.3 Å². The van der Waals surface area contributed by atoms with Gasteiger partial charge in [-0.05, 0) is 25.2 Å². The molecule has 7 heteroatoms. The van der Waals surface area contributed by atoms with Crippen molar-refractivity contribution in [1.82, 2.24) is 10.2 Å². The summed E-state index contributed by atoms with van der Waals surface area (Å²) in [7, 11) is 1.30. The van der Waals surface area contributed by atoms with Gasteiger partial charge in [-0.3, -0.25) is 5.10 Å². The van der Waals surface area contributed by atoms with E-state index in [1.807, 2.05) is 0 Å². The van der Waals surface area contributed by atoms with Crippen molar-refractivity contribution >= 4 is 5.97 Å². The number of esters is 1. The van der Waals surface area contributed by atoms with Crippen molar-refractivity contribution in [3.8, 4) is 11.9 Å². The van der Waals surface area contributed by atoms with Crippen molar-refractivity contribution in [1.29, 1.82) is 5.26 Å². The van der Waals surface area contributed by atoms with Crippen molar-refractivity contribution in [3.05, 3.63) is 34.9 Å². The Morgan fingerprint density at radius 1 is 1.64 bits per heavy atom. The number of allylic oxidation sites excluding steroid dienone is 3. The van der Waals surface area contributed by atoms with Gasteiger partial charge < -0.3 is 15.2 Å². The molecule has 0 amide bonds. The molecule has 2 aliphatic rings. The maximum atomic E-state index is 12.0. The molecule has 1 aromatic rings. The average molecular weight is 300 g/mol. The van der Waals surface area contributed by atoms with Gasteiger partial charge in [-0.25, -0.2) is 4.79 Å². The van der Waals surface area contributed by atoms with Gasteiger partial charge in [0.15, 0.2) is 5.69 Å². The molecular formula is C15H16N4O3. The molecule has 0 fully saturated rings. The second kappa shape index (κ2) is 5.56. The maximum Gasteiger partial charge on any atom is 0.356 e. The lowest BCUT2D eigenvalue weighted by Gasteiger charge is -2.30. The minimum absolute atomic E-state index is 0.0434. The number of hydrogen-bond acceptors (Lipinski definition) is 6. The van der Waals surface area contributed by atoms with E-state index < -0.39 is 5.97 Å². The van der Waals surface area contributed by atoms with Crippen molar-refractivity contribution in [2.45, 2.75) is 25.2 Å². The summed E-state index contributed by atoms with van der Waals surface area (Å²) in [6.45, 7) is 0. The predicted octanol–water partition coefficient (Wildman–Crippen LogP) is 1.72. The molecule has 1 aliphatic heterocycles. The van der Waals surface area contributed by atoms with Crippen LogP contribution in [0.4, 0.5) is 0 Å². The van der Waals surface area contributed by atoms with Crippen LogP contribution in [0.3, 0.4) is 0 Å². The highest BCUT2D eigenvalue weighted by Gasteiger charge is 2.40. The summed E-state index contributed by atoms with van der Waals surface area (Å²) < 4.78 is 10.2. The van der Waals surface area contributed by atoms with E-state index >= 15 is 0 Å². The van der Waals surface area contributed by atoms with E-state index in [0.29, 0.717) is 11.1 Å². The maximum absolute atomic E-state index is 12.0. The number of hydrogen-bond donors (Lipinski definition) is 2.